The van der Waals surface area contributed by atoms with Crippen LogP contribution in [0.15, 0.2) is 30.7 Å². The van der Waals surface area contributed by atoms with Gasteiger partial charge in [0.15, 0.2) is 6.61 Å². The minimum absolute atomic E-state index is 0.0788. The summed E-state index contributed by atoms with van der Waals surface area (Å²) in [5.41, 5.74) is 2.75. The van der Waals surface area contributed by atoms with Crippen LogP contribution in [0, 0.1) is 0 Å². The molecule has 0 saturated carbocycles. The number of amides is 1. The van der Waals surface area contributed by atoms with E-state index in [-0.39, 0.29) is 12.5 Å². The number of aryl methyl sites for hydroxylation is 1. The van der Waals surface area contributed by atoms with Gasteiger partial charge < -0.3 is 19.9 Å². The quantitative estimate of drug-likeness (QED) is 0.891. The Morgan fingerprint density at radius 1 is 1.50 bits per heavy atom. The van der Waals surface area contributed by atoms with Crippen LogP contribution in [-0.4, -0.2) is 22.1 Å². The Morgan fingerprint density at radius 3 is 3.25 bits per heavy atom. The van der Waals surface area contributed by atoms with Crippen molar-refractivity contribution in [3.8, 4) is 5.75 Å². The zero-order valence-electron chi connectivity index (χ0n) is 11.2. The van der Waals surface area contributed by atoms with E-state index in [0.29, 0.717) is 18.0 Å². The van der Waals surface area contributed by atoms with Crippen molar-refractivity contribution in [1.82, 2.24) is 9.55 Å². The van der Waals surface area contributed by atoms with Crippen molar-refractivity contribution in [3.05, 3.63) is 36.4 Å². The zero-order chi connectivity index (χ0) is 13.9. The lowest BCUT2D eigenvalue weighted by atomic mass is 10.2. The van der Waals surface area contributed by atoms with Crippen LogP contribution in [0.5, 0.6) is 5.75 Å². The first kappa shape index (κ1) is 12.5. The number of nitrogens with one attached hydrogen (secondary N) is 2. The number of hydrogen-bond acceptors (Lipinski definition) is 4. The Balaban J connectivity index is 1.72. The van der Waals surface area contributed by atoms with Gasteiger partial charge in [-0.3, -0.25) is 4.79 Å². The van der Waals surface area contributed by atoms with Crippen LogP contribution in [0.25, 0.3) is 0 Å². The van der Waals surface area contributed by atoms with Gasteiger partial charge in [-0.25, -0.2) is 4.98 Å². The summed E-state index contributed by atoms with van der Waals surface area (Å²) < 4.78 is 7.40. The van der Waals surface area contributed by atoms with Crippen molar-refractivity contribution in [2.45, 2.75) is 20.0 Å². The van der Waals surface area contributed by atoms with Gasteiger partial charge in [-0.2, -0.15) is 0 Å². The molecule has 0 saturated heterocycles. The Hall–Kier alpha value is -2.50. The normalized spacial score (nSPS) is 13.3. The van der Waals surface area contributed by atoms with Crippen molar-refractivity contribution in [3.63, 3.8) is 0 Å². The number of carbonyl (C=O) groups excluding carboxylic acids is 1. The molecule has 0 aliphatic carbocycles. The highest BCUT2D eigenvalue weighted by molar-refractivity contribution is 5.95. The molecule has 2 aromatic rings. The Morgan fingerprint density at radius 2 is 2.40 bits per heavy atom. The van der Waals surface area contributed by atoms with Gasteiger partial charge in [0.1, 0.15) is 5.75 Å². The maximum atomic E-state index is 11.3. The third-order valence-corrected chi connectivity index (χ3v) is 3.23. The van der Waals surface area contributed by atoms with Crippen molar-refractivity contribution in [1.29, 1.82) is 0 Å². The number of fused-ring (bicyclic) bond motifs is 1. The molecule has 1 aliphatic rings. The first-order valence-corrected chi connectivity index (χ1v) is 6.56. The number of aromatic nitrogens is 2. The number of hydrogen-bond donors (Lipinski definition) is 2. The van der Waals surface area contributed by atoms with E-state index in [4.69, 9.17) is 4.74 Å². The second-order valence-corrected chi connectivity index (χ2v) is 4.57. The van der Waals surface area contributed by atoms with E-state index in [9.17, 15) is 4.79 Å². The summed E-state index contributed by atoms with van der Waals surface area (Å²) >= 11 is 0. The van der Waals surface area contributed by atoms with Crippen LogP contribution in [0.3, 0.4) is 0 Å². The van der Waals surface area contributed by atoms with Crippen LogP contribution in [0.4, 0.5) is 11.4 Å². The fourth-order valence-corrected chi connectivity index (χ4v) is 2.17. The van der Waals surface area contributed by atoms with Crippen molar-refractivity contribution in [2.75, 3.05) is 17.2 Å². The van der Waals surface area contributed by atoms with Crippen LogP contribution >= 0.6 is 0 Å². The van der Waals surface area contributed by atoms with Gasteiger partial charge in [0.25, 0.3) is 5.91 Å². The standard InChI is InChI=1S/C14H16N4O2/c1-2-18-9-15-6-11(18)7-16-10-3-4-13-12(5-10)17-14(19)8-20-13/h3-6,9,16H,2,7-8H2,1H3,(H,17,19). The van der Waals surface area contributed by atoms with Gasteiger partial charge in [0.05, 0.1) is 24.3 Å². The van der Waals surface area contributed by atoms with Crippen LogP contribution in [0.1, 0.15) is 12.6 Å². The molecule has 0 bridgehead atoms. The topological polar surface area (TPSA) is 68.2 Å². The van der Waals surface area contributed by atoms with E-state index >= 15 is 0 Å². The Labute approximate surface area is 116 Å². The molecule has 1 aromatic carbocycles. The highest BCUT2D eigenvalue weighted by atomic mass is 16.5. The maximum absolute atomic E-state index is 11.3. The largest absolute Gasteiger partial charge is 0.482 e. The molecule has 1 aromatic heterocycles. The summed E-state index contributed by atoms with van der Waals surface area (Å²) in [6.07, 6.45) is 3.66. The van der Waals surface area contributed by atoms with Gasteiger partial charge >= 0.3 is 0 Å². The molecule has 6 heteroatoms. The number of imidazole rings is 1. The predicted octanol–water partition coefficient (Wildman–Crippen LogP) is 1.85. The van der Waals surface area contributed by atoms with E-state index in [1.807, 2.05) is 30.7 Å². The first-order chi connectivity index (χ1) is 9.76. The summed E-state index contributed by atoms with van der Waals surface area (Å²) in [4.78, 5) is 15.4. The fourth-order valence-electron chi connectivity index (χ4n) is 2.17. The van der Waals surface area contributed by atoms with Gasteiger partial charge in [-0.15, -0.1) is 0 Å². The van der Waals surface area contributed by atoms with E-state index in [1.165, 1.54) is 0 Å². The molecule has 0 atom stereocenters. The number of ether oxygens (including phenoxy) is 1. The maximum Gasteiger partial charge on any atom is 0.262 e. The van der Waals surface area contributed by atoms with Gasteiger partial charge in [-0.1, -0.05) is 0 Å². The van der Waals surface area contributed by atoms with Gasteiger partial charge in [0.2, 0.25) is 0 Å². The molecule has 3 rings (SSSR count). The number of carbonyl (C=O) groups is 1. The summed E-state index contributed by atoms with van der Waals surface area (Å²) in [6.45, 7) is 3.74. The third-order valence-electron chi connectivity index (χ3n) is 3.23. The van der Waals surface area contributed by atoms with E-state index in [1.54, 1.807) is 0 Å². The molecule has 0 fully saturated rings. The summed E-state index contributed by atoms with van der Waals surface area (Å²) in [6, 6.07) is 5.66. The lowest BCUT2D eigenvalue weighted by molar-refractivity contribution is -0.118. The second kappa shape index (κ2) is 5.24. The summed E-state index contributed by atoms with van der Waals surface area (Å²) in [5.74, 6) is 0.576. The Bertz CT molecular complexity index is 636. The number of benzene rings is 1. The van der Waals surface area contributed by atoms with E-state index in [2.05, 4.69) is 27.1 Å². The average molecular weight is 272 g/mol. The monoisotopic (exact) mass is 272 g/mol. The third kappa shape index (κ3) is 2.45. The molecule has 2 N–H and O–H groups in total. The van der Waals surface area contributed by atoms with E-state index in [0.717, 1.165) is 17.9 Å². The molecule has 20 heavy (non-hydrogen) atoms. The zero-order valence-corrected chi connectivity index (χ0v) is 11.2. The number of rotatable bonds is 4. The van der Waals surface area contributed by atoms with Crippen molar-refractivity contribution in [2.24, 2.45) is 0 Å². The molecule has 1 aliphatic heterocycles. The highest BCUT2D eigenvalue weighted by Gasteiger charge is 2.15. The summed E-state index contributed by atoms with van der Waals surface area (Å²) in [5, 5.41) is 6.11. The molecular weight excluding hydrogens is 256 g/mol. The molecule has 0 unspecified atom stereocenters. The second-order valence-electron chi connectivity index (χ2n) is 4.57. The van der Waals surface area contributed by atoms with Gasteiger partial charge in [0, 0.05) is 18.4 Å². The average Bonchev–Trinajstić information content (AvgIpc) is 2.92. The lowest BCUT2D eigenvalue weighted by Gasteiger charge is -2.19. The molecule has 0 spiro atoms. The van der Waals surface area contributed by atoms with Crippen LogP contribution in [0.2, 0.25) is 0 Å². The number of nitrogens with zero attached hydrogens (tertiary/aromatic N) is 2. The highest BCUT2D eigenvalue weighted by Crippen LogP contribution is 2.30. The SMILES string of the molecule is CCn1cncc1CNc1ccc2c(c1)NC(=O)CO2. The van der Waals surface area contributed by atoms with E-state index < -0.39 is 0 Å². The first-order valence-electron chi connectivity index (χ1n) is 6.56. The number of anilines is 2. The lowest BCUT2D eigenvalue weighted by Crippen LogP contribution is -2.25. The Kier molecular flexibility index (Phi) is 3.28. The molecule has 0 radical (unpaired) electrons. The molecule has 1 amide bonds. The van der Waals surface area contributed by atoms with Crippen molar-refractivity contribution < 1.29 is 9.53 Å². The molecular formula is C14H16N4O2. The van der Waals surface area contributed by atoms with Crippen LogP contribution < -0.4 is 15.4 Å². The smallest absolute Gasteiger partial charge is 0.262 e. The minimum atomic E-state index is -0.126. The minimum Gasteiger partial charge on any atom is -0.482 e. The molecule has 104 valence electrons. The molecule has 2 heterocycles. The van der Waals surface area contributed by atoms with Crippen LogP contribution in [-0.2, 0) is 17.9 Å². The van der Waals surface area contributed by atoms with Crippen molar-refractivity contribution >= 4 is 17.3 Å². The predicted molar refractivity (Wildman–Crippen MR) is 75.8 cm³/mol. The van der Waals surface area contributed by atoms with Gasteiger partial charge in [-0.05, 0) is 25.1 Å². The summed E-state index contributed by atoms with van der Waals surface area (Å²) in [7, 11) is 0. The molecule has 6 nitrogen and oxygen atoms in total. The fraction of sp³-hybridized carbons (Fsp3) is 0.286.